The maximum Gasteiger partial charge on any atom is 0.337 e. The van der Waals surface area contributed by atoms with Gasteiger partial charge in [-0.05, 0) is 13.3 Å². The summed E-state index contributed by atoms with van der Waals surface area (Å²) in [5.41, 5.74) is -2.40. The number of carbonyl (C=O) groups excluding carboxylic acids is 1. The molecule has 0 saturated heterocycles. The van der Waals surface area contributed by atoms with E-state index in [4.69, 9.17) is 0 Å². The molecule has 0 aliphatic heterocycles. The molecule has 8 nitrogen and oxygen atoms in total. The second kappa shape index (κ2) is 10.4. The van der Waals surface area contributed by atoms with Gasteiger partial charge in [0.15, 0.2) is 0 Å². The van der Waals surface area contributed by atoms with E-state index in [1.807, 2.05) is 6.92 Å². The van der Waals surface area contributed by atoms with Crippen molar-refractivity contribution in [3.05, 3.63) is 56.8 Å². The molecule has 1 unspecified atom stereocenters. The second-order valence-electron chi connectivity index (χ2n) is 6.20. The molecule has 0 bridgehead atoms. The van der Waals surface area contributed by atoms with Crippen LogP contribution < -0.4 is 22.4 Å². The molecule has 8 heteroatoms. The van der Waals surface area contributed by atoms with Crippen LogP contribution >= 0.6 is 0 Å². The number of nitrogens with one attached hydrogen (secondary N) is 1. The number of allylic oxidation sites excluding steroid dienone is 2. The molecule has 144 valence electrons. The summed E-state index contributed by atoms with van der Waals surface area (Å²) in [6, 6.07) is -0.0563. The van der Waals surface area contributed by atoms with Crippen LogP contribution in [-0.4, -0.2) is 25.7 Å². The van der Waals surface area contributed by atoms with Gasteiger partial charge in [0.2, 0.25) is 5.91 Å². The van der Waals surface area contributed by atoms with Gasteiger partial charge < -0.3 is 5.32 Å². The highest BCUT2D eigenvalue weighted by atomic mass is 16.2. The van der Waals surface area contributed by atoms with E-state index in [0.717, 1.165) is 39.4 Å². The van der Waals surface area contributed by atoms with Gasteiger partial charge >= 0.3 is 17.1 Å². The highest BCUT2D eigenvalue weighted by Crippen LogP contribution is 2.02. The van der Waals surface area contributed by atoms with Gasteiger partial charge in [0, 0.05) is 6.04 Å². The molecule has 26 heavy (non-hydrogen) atoms. The SMILES string of the molecule is C=CCn1c(=O)n(CC=C)c(=O)n(CC(=O)NC(C)CCCCC)c1=O. The second-order valence-corrected chi connectivity index (χ2v) is 6.20. The summed E-state index contributed by atoms with van der Waals surface area (Å²) in [6.07, 6.45) is 6.75. The third-order valence-corrected chi connectivity index (χ3v) is 3.96. The summed E-state index contributed by atoms with van der Waals surface area (Å²) >= 11 is 0. The van der Waals surface area contributed by atoms with E-state index in [0.29, 0.717) is 0 Å². The Morgan fingerprint density at radius 2 is 1.50 bits per heavy atom. The lowest BCUT2D eigenvalue weighted by Gasteiger charge is -2.15. The van der Waals surface area contributed by atoms with Crippen molar-refractivity contribution in [2.24, 2.45) is 0 Å². The summed E-state index contributed by atoms with van der Waals surface area (Å²) in [5, 5.41) is 2.78. The molecule has 0 aromatic carbocycles. The van der Waals surface area contributed by atoms with Crippen LogP contribution in [0.5, 0.6) is 0 Å². The van der Waals surface area contributed by atoms with Crippen LogP contribution in [0.1, 0.15) is 39.5 Å². The van der Waals surface area contributed by atoms with Crippen molar-refractivity contribution < 1.29 is 4.79 Å². The molecular formula is C18H28N4O4. The molecule has 1 aromatic heterocycles. The van der Waals surface area contributed by atoms with Crippen molar-refractivity contribution in [3.8, 4) is 0 Å². The first-order valence-corrected chi connectivity index (χ1v) is 8.82. The van der Waals surface area contributed by atoms with Gasteiger partial charge in [-0.2, -0.15) is 0 Å². The van der Waals surface area contributed by atoms with Crippen LogP contribution in [0.2, 0.25) is 0 Å². The monoisotopic (exact) mass is 364 g/mol. The van der Waals surface area contributed by atoms with Gasteiger partial charge in [0.05, 0.1) is 13.1 Å². The minimum absolute atomic E-state index is 0.0515. The van der Waals surface area contributed by atoms with E-state index in [1.165, 1.54) is 12.2 Å². The Morgan fingerprint density at radius 1 is 1.00 bits per heavy atom. The number of hydrogen-bond acceptors (Lipinski definition) is 4. The van der Waals surface area contributed by atoms with Crippen molar-refractivity contribution in [1.82, 2.24) is 19.0 Å². The van der Waals surface area contributed by atoms with Crippen molar-refractivity contribution in [1.29, 1.82) is 0 Å². The predicted molar refractivity (Wildman–Crippen MR) is 101 cm³/mol. The Balaban J connectivity index is 3.11. The number of carbonyl (C=O) groups is 1. The lowest BCUT2D eigenvalue weighted by atomic mass is 10.1. The fourth-order valence-electron chi connectivity index (χ4n) is 2.63. The number of unbranched alkanes of at least 4 members (excludes halogenated alkanes) is 2. The topological polar surface area (TPSA) is 95.1 Å². The smallest absolute Gasteiger partial charge is 0.337 e. The molecule has 0 spiro atoms. The van der Waals surface area contributed by atoms with Crippen LogP contribution in [0, 0.1) is 0 Å². The first kappa shape index (κ1) is 21.4. The number of hydrogen-bond donors (Lipinski definition) is 1. The molecular weight excluding hydrogens is 336 g/mol. The summed E-state index contributed by atoms with van der Waals surface area (Å²) < 4.78 is 2.51. The molecule has 0 radical (unpaired) electrons. The van der Waals surface area contributed by atoms with Crippen LogP contribution in [0.3, 0.4) is 0 Å². The zero-order valence-corrected chi connectivity index (χ0v) is 15.6. The van der Waals surface area contributed by atoms with Gasteiger partial charge in [0.1, 0.15) is 6.54 Å². The molecule has 1 heterocycles. The fourth-order valence-corrected chi connectivity index (χ4v) is 2.63. The molecule has 0 fully saturated rings. The Hall–Kier alpha value is -2.64. The van der Waals surface area contributed by atoms with Crippen molar-refractivity contribution in [3.63, 3.8) is 0 Å². The van der Waals surface area contributed by atoms with Crippen molar-refractivity contribution in [2.75, 3.05) is 0 Å². The summed E-state index contributed by atoms with van der Waals surface area (Å²) in [7, 11) is 0. The highest BCUT2D eigenvalue weighted by Gasteiger charge is 2.17. The first-order valence-electron chi connectivity index (χ1n) is 8.82. The lowest BCUT2D eigenvalue weighted by Crippen LogP contribution is -2.55. The molecule has 0 aliphatic rings. The molecule has 0 aliphatic carbocycles. The Kier molecular flexibility index (Phi) is 8.54. The zero-order chi connectivity index (χ0) is 19.7. The first-order chi connectivity index (χ1) is 12.4. The number of aromatic nitrogens is 3. The van der Waals surface area contributed by atoms with Crippen LogP contribution in [-0.2, 0) is 24.4 Å². The lowest BCUT2D eigenvalue weighted by molar-refractivity contribution is -0.122. The Bertz CT molecular complexity index is 768. The third kappa shape index (κ3) is 5.44. The maximum absolute atomic E-state index is 12.4. The van der Waals surface area contributed by atoms with Crippen molar-refractivity contribution in [2.45, 2.75) is 65.2 Å². The standard InChI is InChI=1S/C18H28N4O4/c1-5-8-9-10-14(4)19-15(23)13-22-17(25)20(11-6-2)16(24)21(12-7-3)18(22)26/h6-7,14H,2-3,5,8-13H2,1,4H3,(H,19,23). The number of amides is 1. The van der Waals surface area contributed by atoms with Crippen LogP contribution in [0.25, 0.3) is 0 Å². The minimum atomic E-state index is -0.825. The summed E-state index contributed by atoms with van der Waals surface area (Å²) in [5.74, 6) is -0.442. The van der Waals surface area contributed by atoms with Gasteiger partial charge in [-0.3, -0.25) is 4.79 Å². The van der Waals surface area contributed by atoms with E-state index < -0.39 is 29.5 Å². The largest absolute Gasteiger partial charge is 0.352 e. The molecule has 0 saturated carbocycles. The Morgan fingerprint density at radius 3 is 1.96 bits per heavy atom. The average Bonchev–Trinajstić information content (AvgIpc) is 2.59. The average molecular weight is 364 g/mol. The van der Waals surface area contributed by atoms with E-state index in [-0.39, 0.29) is 19.1 Å². The maximum atomic E-state index is 12.4. The van der Waals surface area contributed by atoms with E-state index in [2.05, 4.69) is 25.4 Å². The molecule has 1 rings (SSSR count). The fraction of sp³-hybridized carbons (Fsp3) is 0.556. The predicted octanol–water partition coefficient (Wildman–Crippen LogP) is 0.629. The minimum Gasteiger partial charge on any atom is -0.352 e. The van der Waals surface area contributed by atoms with E-state index >= 15 is 0 Å². The van der Waals surface area contributed by atoms with Crippen molar-refractivity contribution >= 4 is 5.91 Å². The van der Waals surface area contributed by atoms with Gasteiger partial charge in [0.25, 0.3) is 0 Å². The van der Waals surface area contributed by atoms with Gasteiger partial charge in [-0.1, -0.05) is 38.3 Å². The molecule has 1 atom stereocenters. The number of nitrogens with zero attached hydrogens (tertiary/aromatic N) is 3. The van der Waals surface area contributed by atoms with Crippen LogP contribution in [0.15, 0.2) is 39.7 Å². The summed E-state index contributed by atoms with van der Waals surface area (Å²) in [4.78, 5) is 49.4. The molecule has 1 aromatic rings. The normalized spacial score (nSPS) is 11.8. The highest BCUT2D eigenvalue weighted by molar-refractivity contribution is 5.75. The third-order valence-electron chi connectivity index (χ3n) is 3.96. The molecule has 1 amide bonds. The van der Waals surface area contributed by atoms with E-state index in [1.54, 1.807) is 0 Å². The van der Waals surface area contributed by atoms with Crippen LogP contribution in [0.4, 0.5) is 0 Å². The number of rotatable bonds is 11. The van der Waals surface area contributed by atoms with E-state index in [9.17, 15) is 19.2 Å². The zero-order valence-electron chi connectivity index (χ0n) is 15.6. The van der Waals surface area contributed by atoms with Gasteiger partial charge in [-0.15, -0.1) is 13.2 Å². The molecule has 1 N–H and O–H groups in total. The quantitative estimate of drug-likeness (QED) is 0.460. The summed E-state index contributed by atoms with van der Waals surface area (Å²) in [6.45, 7) is 10.5. The Labute approximate surface area is 152 Å². The van der Waals surface area contributed by atoms with Gasteiger partial charge in [-0.25, -0.2) is 28.1 Å².